The number of methoxy groups -OCH3 is 1. The van der Waals surface area contributed by atoms with Crippen molar-refractivity contribution < 1.29 is 4.74 Å². The standard InChI is InChI=1S/C20H31N5O.HI/c1-6-21-20(24(3)14-17-13-23-25(4)15-17)22-12-11-16(2)18-7-9-19(26-5)10-8-18;/h7-10,13,15-16H,6,11-12,14H2,1-5H3,(H,21,22);1H. The fourth-order valence-corrected chi connectivity index (χ4v) is 2.84. The van der Waals surface area contributed by atoms with Crippen molar-refractivity contribution in [2.24, 2.45) is 12.0 Å². The smallest absolute Gasteiger partial charge is 0.193 e. The van der Waals surface area contributed by atoms with Crippen molar-refractivity contribution in [3.8, 4) is 5.75 Å². The molecule has 150 valence electrons. The molecule has 1 atom stereocenters. The Hall–Kier alpha value is -1.77. The number of ether oxygens (including phenoxy) is 1. The Morgan fingerprint density at radius 2 is 2.04 bits per heavy atom. The van der Waals surface area contributed by atoms with E-state index in [0.29, 0.717) is 5.92 Å². The number of aliphatic imine (C=N–C) groups is 1. The molecule has 0 aliphatic carbocycles. The van der Waals surface area contributed by atoms with Crippen LogP contribution in [0.4, 0.5) is 0 Å². The molecular formula is C20H32IN5O. The zero-order valence-corrected chi connectivity index (χ0v) is 19.3. The largest absolute Gasteiger partial charge is 0.497 e. The van der Waals surface area contributed by atoms with Crippen molar-refractivity contribution in [3.05, 3.63) is 47.8 Å². The van der Waals surface area contributed by atoms with Crippen molar-refractivity contribution in [2.45, 2.75) is 32.7 Å². The number of nitrogens with zero attached hydrogens (tertiary/aromatic N) is 4. The molecule has 0 saturated heterocycles. The average molecular weight is 485 g/mol. The van der Waals surface area contributed by atoms with Gasteiger partial charge in [0, 0.05) is 45.5 Å². The van der Waals surface area contributed by atoms with Crippen LogP contribution in [0.1, 0.15) is 37.3 Å². The van der Waals surface area contributed by atoms with Crippen LogP contribution in [0.3, 0.4) is 0 Å². The molecule has 1 aromatic heterocycles. The highest BCUT2D eigenvalue weighted by Crippen LogP contribution is 2.21. The van der Waals surface area contributed by atoms with Crippen LogP contribution in [-0.2, 0) is 13.6 Å². The van der Waals surface area contributed by atoms with Gasteiger partial charge in [0.2, 0.25) is 0 Å². The highest BCUT2D eigenvalue weighted by molar-refractivity contribution is 14.0. The molecule has 27 heavy (non-hydrogen) atoms. The van der Waals surface area contributed by atoms with Crippen molar-refractivity contribution in [3.63, 3.8) is 0 Å². The molecule has 1 heterocycles. The van der Waals surface area contributed by atoms with Crippen LogP contribution in [0.5, 0.6) is 5.75 Å². The van der Waals surface area contributed by atoms with Crippen LogP contribution in [0.2, 0.25) is 0 Å². The topological polar surface area (TPSA) is 54.7 Å². The molecule has 7 heteroatoms. The highest BCUT2D eigenvalue weighted by atomic mass is 127. The van der Waals surface area contributed by atoms with E-state index in [1.54, 1.807) is 7.11 Å². The molecule has 0 saturated carbocycles. The van der Waals surface area contributed by atoms with E-state index in [9.17, 15) is 0 Å². The van der Waals surface area contributed by atoms with Crippen molar-refractivity contribution >= 4 is 29.9 Å². The molecule has 0 fully saturated rings. The van der Waals surface area contributed by atoms with Gasteiger partial charge in [-0.25, -0.2) is 0 Å². The quantitative estimate of drug-likeness (QED) is 0.353. The molecule has 1 unspecified atom stereocenters. The number of aryl methyl sites for hydroxylation is 1. The lowest BCUT2D eigenvalue weighted by Crippen LogP contribution is -2.38. The van der Waals surface area contributed by atoms with Gasteiger partial charge in [0.05, 0.1) is 13.3 Å². The average Bonchev–Trinajstić information content (AvgIpc) is 3.05. The van der Waals surface area contributed by atoms with Crippen molar-refractivity contribution in [2.75, 3.05) is 27.2 Å². The van der Waals surface area contributed by atoms with Gasteiger partial charge in [0.15, 0.2) is 5.96 Å². The molecule has 0 aliphatic rings. The van der Waals surface area contributed by atoms with E-state index in [1.807, 2.05) is 36.3 Å². The molecule has 1 N–H and O–H groups in total. The molecule has 2 aromatic rings. The lowest BCUT2D eigenvalue weighted by Gasteiger charge is -2.21. The number of halogens is 1. The molecule has 0 aliphatic heterocycles. The third kappa shape index (κ3) is 7.40. The van der Waals surface area contributed by atoms with Gasteiger partial charge in [-0.1, -0.05) is 19.1 Å². The van der Waals surface area contributed by atoms with E-state index in [0.717, 1.165) is 37.8 Å². The minimum absolute atomic E-state index is 0. The fraction of sp³-hybridized carbons (Fsp3) is 0.500. The SMILES string of the molecule is CCNC(=NCCC(C)c1ccc(OC)cc1)N(C)Cc1cnn(C)c1.I. The summed E-state index contributed by atoms with van der Waals surface area (Å²) in [5.41, 5.74) is 2.49. The Morgan fingerprint density at radius 1 is 1.33 bits per heavy atom. The van der Waals surface area contributed by atoms with Gasteiger partial charge in [0.1, 0.15) is 5.75 Å². The maximum absolute atomic E-state index is 5.22. The Kier molecular flexibility index (Phi) is 10.2. The first-order valence-corrected chi connectivity index (χ1v) is 9.14. The number of hydrogen-bond acceptors (Lipinski definition) is 3. The summed E-state index contributed by atoms with van der Waals surface area (Å²) >= 11 is 0. The highest BCUT2D eigenvalue weighted by Gasteiger charge is 2.09. The number of hydrogen-bond donors (Lipinski definition) is 1. The molecular weight excluding hydrogens is 453 g/mol. The van der Waals surface area contributed by atoms with Gasteiger partial charge >= 0.3 is 0 Å². The molecule has 2 rings (SSSR count). The maximum Gasteiger partial charge on any atom is 0.193 e. The Balaban J connectivity index is 0.00000364. The number of benzene rings is 1. The second kappa shape index (κ2) is 11.8. The van der Waals surface area contributed by atoms with Gasteiger partial charge < -0.3 is 15.0 Å². The van der Waals surface area contributed by atoms with Gasteiger partial charge in [0.25, 0.3) is 0 Å². The van der Waals surface area contributed by atoms with Crippen LogP contribution in [0.15, 0.2) is 41.7 Å². The summed E-state index contributed by atoms with van der Waals surface area (Å²) in [7, 11) is 5.68. The molecule has 0 bridgehead atoms. The predicted molar refractivity (Wildman–Crippen MR) is 122 cm³/mol. The van der Waals surface area contributed by atoms with Gasteiger partial charge in [-0.3, -0.25) is 9.67 Å². The van der Waals surface area contributed by atoms with E-state index in [2.05, 4.69) is 48.3 Å². The lowest BCUT2D eigenvalue weighted by molar-refractivity contribution is 0.414. The molecule has 1 aromatic carbocycles. The fourth-order valence-electron chi connectivity index (χ4n) is 2.84. The Morgan fingerprint density at radius 3 is 2.59 bits per heavy atom. The summed E-state index contributed by atoms with van der Waals surface area (Å²) in [5.74, 6) is 2.28. The minimum atomic E-state index is 0. The van der Waals surface area contributed by atoms with E-state index >= 15 is 0 Å². The van der Waals surface area contributed by atoms with E-state index in [-0.39, 0.29) is 24.0 Å². The molecule has 0 spiro atoms. The molecule has 6 nitrogen and oxygen atoms in total. The first-order chi connectivity index (χ1) is 12.5. The van der Waals surface area contributed by atoms with E-state index in [1.165, 1.54) is 11.1 Å². The second-order valence-corrected chi connectivity index (χ2v) is 6.58. The Labute approximate surface area is 180 Å². The number of guanidine groups is 1. The van der Waals surface area contributed by atoms with Crippen molar-refractivity contribution in [1.82, 2.24) is 20.0 Å². The zero-order chi connectivity index (χ0) is 18.9. The van der Waals surface area contributed by atoms with Gasteiger partial charge in [-0.15, -0.1) is 24.0 Å². The predicted octanol–water partition coefficient (Wildman–Crippen LogP) is 3.64. The first kappa shape index (κ1) is 23.3. The summed E-state index contributed by atoms with van der Waals surface area (Å²) in [5, 5.41) is 7.60. The second-order valence-electron chi connectivity index (χ2n) is 6.58. The molecule has 0 radical (unpaired) electrons. The Bertz CT molecular complexity index is 699. The van der Waals surface area contributed by atoms with Crippen LogP contribution in [-0.4, -0.2) is 47.9 Å². The number of aromatic nitrogens is 2. The van der Waals surface area contributed by atoms with Crippen LogP contribution < -0.4 is 10.1 Å². The van der Waals surface area contributed by atoms with Crippen molar-refractivity contribution in [1.29, 1.82) is 0 Å². The van der Waals surface area contributed by atoms with Gasteiger partial charge in [-0.05, 0) is 37.0 Å². The molecule has 0 amide bonds. The van der Waals surface area contributed by atoms with E-state index in [4.69, 9.17) is 9.73 Å². The number of rotatable bonds is 8. The van der Waals surface area contributed by atoms with Crippen LogP contribution in [0, 0.1) is 0 Å². The third-order valence-corrected chi connectivity index (χ3v) is 4.38. The third-order valence-electron chi connectivity index (χ3n) is 4.38. The van der Waals surface area contributed by atoms with Gasteiger partial charge in [-0.2, -0.15) is 5.10 Å². The summed E-state index contributed by atoms with van der Waals surface area (Å²) in [6, 6.07) is 8.29. The normalized spacial score (nSPS) is 12.3. The maximum atomic E-state index is 5.22. The summed E-state index contributed by atoms with van der Waals surface area (Å²) < 4.78 is 7.05. The monoisotopic (exact) mass is 485 g/mol. The van der Waals surface area contributed by atoms with E-state index < -0.39 is 0 Å². The lowest BCUT2D eigenvalue weighted by atomic mass is 9.98. The summed E-state index contributed by atoms with van der Waals surface area (Å²) in [4.78, 5) is 6.93. The number of nitrogens with one attached hydrogen (secondary N) is 1. The van der Waals surface area contributed by atoms with Crippen LogP contribution >= 0.6 is 24.0 Å². The summed E-state index contributed by atoms with van der Waals surface area (Å²) in [6.45, 7) is 6.75. The summed E-state index contributed by atoms with van der Waals surface area (Å²) in [6.07, 6.45) is 4.93. The minimum Gasteiger partial charge on any atom is -0.497 e. The zero-order valence-electron chi connectivity index (χ0n) is 17.0. The van der Waals surface area contributed by atoms with Crippen LogP contribution in [0.25, 0.3) is 0 Å². The first-order valence-electron chi connectivity index (χ1n) is 9.14.